The quantitative estimate of drug-likeness (QED) is 0.651. The molecule has 0 saturated carbocycles. The summed E-state index contributed by atoms with van der Waals surface area (Å²) in [7, 11) is -4.78. The molecule has 1 aromatic heterocycles. The number of aromatic nitrogens is 2. The molecule has 3 rings (SSSR count). The van der Waals surface area contributed by atoms with Crippen molar-refractivity contribution in [1.29, 1.82) is 0 Å². The molecule has 3 heterocycles. The highest BCUT2D eigenvalue weighted by Gasteiger charge is 2.48. The summed E-state index contributed by atoms with van der Waals surface area (Å²) in [5, 5.41) is 12.5. The van der Waals surface area contributed by atoms with Crippen molar-refractivity contribution in [3.63, 3.8) is 0 Å². The number of hydrogen-bond donors (Lipinski definition) is 2. The summed E-state index contributed by atoms with van der Waals surface area (Å²) in [6.45, 7) is 5.66. The number of nitrogens with one attached hydrogen (secondary N) is 1. The summed E-state index contributed by atoms with van der Waals surface area (Å²) < 4.78 is 40.3. The summed E-state index contributed by atoms with van der Waals surface area (Å²) in [6, 6.07) is -1.51. The lowest BCUT2D eigenvalue weighted by Crippen LogP contribution is -2.35. The minimum Gasteiger partial charge on any atom is -0.444 e. The maximum absolute atomic E-state index is 12.4. The summed E-state index contributed by atoms with van der Waals surface area (Å²) in [5.41, 5.74) is -0.610. The monoisotopic (exact) mass is 435 g/mol. The van der Waals surface area contributed by atoms with Crippen LogP contribution < -0.4 is 5.32 Å². The molecule has 2 fully saturated rings. The normalized spacial score (nSPS) is 22.5. The van der Waals surface area contributed by atoms with Crippen LogP contribution in [-0.2, 0) is 26.0 Å². The third-order valence-electron chi connectivity index (χ3n) is 4.05. The van der Waals surface area contributed by atoms with Gasteiger partial charge in [-0.1, -0.05) is 11.3 Å². The van der Waals surface area contributed by atoms with Crippen LogP contribution in [0.3, 0.4) is 0 Å². The van der Waals surface area contributed by atoms with Gasteiger partial charge >= 0.3 is 22.5 Å². The summed E-state index contributed by atoms with van der Waals surface area (Å²) in [6.07, 6.45) is 0.445. The molecule has 3 amide bonds. The predicted octanol–water partition coefficient (Wildman–Crippen LogP) is 1.24. The first kappa shape index (κ1) is 20.7. The number of urea groups is 1. The molecule has 1 aromatic rings. The van der Waals surface area contributed by atoms with E-state index in [0.717, 1.165) is 0 Å². The Morgan fingerprint density at radius 2 is 2.07 bits per heavy atom. The number of carbonyl (C=O) groups is 2. The zero-order chi connectivity index (χ0) is 20.7. The molecule has 0 aromatic carbocycles. The number of hydroxylamine groups is 2. The SMILES string of the molecule is CC(C)(C)OC(=O)NCc1nnc(C2CCC3CN2C(=O)N3OS(=O)(=O)O)s1. The van der Waals surface area contributed by atoms with Gasteiger partial charge in [-0.05, 0) is 33.6 Å². The zero-order valence-electron chi connectivity index (χ0n) is 15.5. The molecule has 2 unspecified atom stereocenters. The van der Waals surface area contributed by atoms with Crippen LogP contribution in [0, 0.1) is 0 Å². The van der Waals surface area contributed by atoms with E-state index in [1.807, 2.05) is 0 Å². The molecule has 0 spiro atoms. The van der Waals surface area contributed by atoms with Gasteiger partial charge in [-0.15, -0.1) is 14.5 Å². The van der Waals surface area contributed by atoms with Crippen molar-refractivity contribution in [3.8, 4) is 0 Å². The van der Waals surface area contributed by atoms with E-state index < -0.39 is 34.2 Å². The zero-order valence-corrected chi connectivity index (χ0v) is 17.1. The highest BCUT2D eigenvalue weighted by molar-refractivity contribution is 7.80. The van der Waals surface area contributed by atoms with Crippen LogP contribution >= 0.6 is 11.3 Å². The second-order valence-corrected chi connectivity index (χ2v) is 9.50. The van der Waals surface area contributed by atoms with Gasteiger partial charge in [0.2, 0.25) is 0 Å². The molecular formula is C14H21N5O7S2. The minimum absolute atomic E-state index is 0.133. The molecular weight excluding hydrogens is 414 g/mol. The first-order valence-corrected chi connectivity index (χ1v) is 10.7. The first-order valence-electron chi connectivity index (χ1n) is 8.49. The van der Waals surface area contributed by atoms with Crippen LogP contribution in [0.15, 0.2) is 0 Å². The predicted molar refractivity (Wildman–Crippen MR) is 95.3 cm³/mol. The molecule has 2 bridgehead atoms. The van der Waals surface area contributed by atoms with Crippen molar-refractivity contribution in [2.75, 3.05) is 6.54 Å². The van der Waals surface area contributed by atoms with E-state index in [-0.39, 0.29) is 19.1 Å². The first-order chi connectivity index (χ1) is 12.9. The number of carbonyl (C=O) groups excluding carboxylic acids is 2. The van der Waals surface area contributed by atoms with Gasteiger partial charge in [-0.3, -0.25) is 4.55 Å². The Morgan fingerprint density at radius 3 is 2.71 bits per heavy atom. The van der Waals surface area contributed by atoms with Gasteiger partial charge < -0.3 is 15.0 Å². The lowest BCUT2D eigenvalue weighted by molar-refractivity contribution is -0.0317. The minimum atomic E-state index is -4.78. The van der Waals surface area contributed by atoms with Crippen molar-refractivity contribution in [3.05, 3.63) is 10.0 Å². The molecule has 14 heteroatoms. The van der Waals surface area contributed by atoms with Crippen LogP contribution in [-0.4, -0.2) is 63.4 Å². The number of hydrogen-bond acceptors (Lipinski definition) is 9. The fourth-order valence-corrected chi connectivity index (χ4v) is 4.34. The van der Waals surface area contributed by atoms with Gasteiger partial charge in [0.05, 0.1) is 18.6 Å². The van der Waals surface area contributed by atoms with Gasteiger partial charge in [0.25, 0.3) is 0 Å². The molecule has 12 nitrogen and oxygen atoms in total. The average molecular weight is 435 g/mol. The highest BCUT2D eigenvalue weighted by atomic mass is 32.3. The molecule has 2 saturated heterocycles. The Labute approximate surface area is 165 Å². The molecule has 0 radical (unpaired) electrons. The summed E-state index contributed by atoms with van der Waals surface area (Å²) in [4.78, 5) is 25.6. The maximum Gasteiger partial charge on any atom is 0.418 e. The van der Waals surface area contributed by atoms with Crippen LogP contribution in [0.1, 0.15) is 49.7 Å². The Balaban J connectivity index is 1.63. The second kappa shape index (κ2) is 7.42. The molecule has 28 heavy (non-hydrogen) atoms. The lowest BCUT2D eigenvalue weighted by atomic mass is 10.0. The van der Waals surface area contributed by atoms with Crippen LogP contribution in [0.5, 0.6) is 0 Å². The fourth-order valence-electron chi connectivity index (χ4n) is 3.02. The van der Waals surface area contributed by atoms with Crippen LogP contribution in [0.2, 0.25) is 0 Å². The van der Waals surface area contributed by atoms with Crippen molar-refractivity contribution in [2.24, 2.45) is 0 Å². The van der Waals surface area contributed by atoms with Gasteiger partial charge in [0, 0.05) is 6.54 Å². The third kappa shape index (κ3) is 4.87. The Kier molecular flexibility index (Phi) is 5.49. The Hall–Kier alpha value is -2.03. The number of fused-ring (bicyclic) bond motifs is 2. The molecule has 2 aliphatic heterocycles. The Bertz CT molecular complexity index is 866. The van der Waals surface area contributed by atoms with E-state index in [9.17, 15) is 18.0 Å². The van der Waals surface area contributed by atoms with Crippen molar-refractivity contribution in [2.45, 2.75) is 57.8 Å². The van der Waals surface area contributed by atoms with Gasteiger partial charge in [-0.2, -0.15) is 13.5 Å². The largest absolute Gasteiger partial charge is 0.444 e. The molecule has 2 aliphatic rings. The van der Waals surface area contributed by atoms with E-state index in [1.165, 1.54) is 16.2 Å². The van der Waals surface area contributed by atoms with Gasteiger partial charge in [-0.25, -0.2) is 9.59 Å². The maximum atomic E-state index is 12.4. The lowest BCUT2D eigenvalue weighted by Gasteiger charge is -2.28. The second-order valence-electron chi connectivity index (χ2n) is 7.40. The van der Waals surface area contributed by atoms with Crippen molar-refractivity contribution in [1.82, 2.24) is 25.5 Å². The average Bonchev–Trinajstić information content (AvgIpc) is 3.11. The van der Waals surface area contributed by atoms with Crippen LogP contribution in [0.25, 0.3) is 0 Å². The summed E-state index contributed by atoms with van der Waals surface area (Å²) >= 11 is 1.24. The van der Waals surface area contributed by atoms with E-state index in [4.69, 9.17) is 9.29 Å². The number of nitrogens with zero attached hydrogens (tertiary/aromatic N) is 4. The standard InChI is InChI=1S/C14H21N5O7S2/c1-14(2,3)25-12(20)15-6-10-16-17-11(27-10)9-5-4-8-7-18(9)13(21)19(8)26-28(22,23)24/h8-9H,4-7H2,1-3H3,(H,15,20)(H,22,23,24). The van der Waals surface area contributed by atoms with Crippen molar-refractivity contribution < 1.29 is 31.6 Å². The van der Waals surface area contributed by atoms with E-state index in [2.05, 4.69) is 19.8 Å². The smallest absolute Gasteiger partial charge is 0.418 e. The van der Waals surface area contributed by atoms with E-state index in [1.54, 1.807) is 20.8 Å². The number of alkyl carbamates (subject to hydrolysis) is 1. The van der Waals surface area contributed by atoms with E-state index >= 15 is 0 Å². The number of amides is 3. The number of ether oxygens (including phenoxy) is 1. The molecule has 0 aliphatic carbocycles. The van der Waals surface area contributed by atoms with Gasteiger partial charge in [0.1, 0.15) is 15.6 Å². The topological polar surface area (TPSA) is 151 Å². The number of rotatable bonds is 5. The molecule has 156 valence electrons. The van der Waals surface area contributed by atoms with Gasteiger partial charge in [0.15, 0.2) is 0 Å². The Morgan fingerprint density at radius 1 is 1.36 bits per heavy atom. The van der Waals surface area contributed by atoms with Crippen LogP contribution in [0.4, 0.5) is 9.59 Å². The third-order valence-corrected chi connectivity index (χ3v) is 5.42. The fraction of sp³-hybridized carbons (Fsp3) is 0.714. The molecule has 2 N–H and O–H groups in total. The van der Waals surface area contributed by atoms with E-state index in [0.29, 0.717) is 27.9 Å². The number of piperidine rings is 1. The van der Waals surface area contributed by atoms with Crippen molar-refractivity contribution >= 4 is 33.9 Å². The highest BCUT2D eigenvalue weighted by Crippen LogP contribution is 2.39. The molecule has 2 atom stereocenters. The summed E-state index contributed by atoms with van der Waals surface area (Å²) in [5.74, 6) is 0.